The van der Waals surface area contributed by atoms with Crippen molar-refractivity contribution in [2.45, 2.75) is 12.5 Å². The smallest absolute Gasteiger partial charge is 0.265 e. The Bertz CT molecular complexity index is 1470. The van der Waals surface area contributed by atoms with Crippen LogP contribution in [-0.2, 0) is 21.3 Å². The number of allylic oxidation sites excluding steroid dienone is 2. The number of nitrogens with two attached hydrogens (primary N) is 1. The van der Waals surface area contributed by atoms with E-state index in [2.05, 4.69) is 22.0 Å². The Morgan fingerprint density at radius 3 is 2.48 bits per heavy atom. The van der Waals surface area contributed by atoms with Crippen molar-refractivity contribution in [1.82, 2.24) is 0 Å². The average molecular weight is 520 g/mol. The molecule has 5 rings (SSSR count). The van der Waals surface area contributed by atoms with E-state index in [1.54, 1.807) is 36.4 Å². The number of rotatable bonds is 3. The van der Waals surface area contributed by atoms with Gasteiger partial charge in [-0.2, -0.15) is 5.26 Å². The Morgan fingerprint density at radius 2 is 1.76 bits per heavy atom. The summed E-state index contributed by atoms with van der Waals surface area (Å²) in [5.41, 5.74) is 8.79. The Hall–Kier alpha value is -3.54. The quantitative estimate of drug-likeness (QED) is 0.526. The van der Waals surface area contributed by atoms with Gasteiger partial charge in [-0.3, -0.25) is 4.31 Å². The molecule has 2 aliphatic rings. The number of fused-ring (bicyclic) bond motifs is 2. The molecule has 2 aliphatic heterocycles. The molecule has 0 amide bonds. The fourth-order valence-electron chi connectivity index (χ4n) is 4.25. The first kappa shape index (κ1) is 21.3. The van der Waals surface area contributed by atoms with Crippen molar-refractivity contribution in [2.24, 2.45) is 5.73 Å². The van der Waals surface area contributed by atoms with Crippen LogP contribution in [0.4, 0.5) is 5.69 Å². The molecule has 6 nitrogen and oxygen atoms in total. The summed E-state index contributed by atoms with van der Waals surface area (Å²) in [4.78, 5) is 0.0148. The van der Waals surface area contributed by atoms with Gasteiger partial charge in [0.25, 0.3) is 10.0 Å². The number of anilines is 1. The molecule has 0 saturated carbocycles. The summed E-state index contributed by atoms with van der Waals surface area (Å²) in [5, 5.41) is 9.91. The summed E-state index contributed by atoms with van der Waals surface area (Å²) in [7, 11) is -4.08. The van der Waals surface area contributed by atoms with Crippen LogP contribution in [0.15, 0.2) is 99.7 Å². The molecule has 2 N–H and O–H groups in total. The normalized spacial score (nSPS) is 18.8. The number of hydrogen-bond acceptors (Lipinski definition) is 5. The second-order valence-corrected chi connectivity index (χ2v) is 10.4. The second kappa shape index (κ2) is 8.10. The van der Waals surface area contributed by atoms with Crippen molar-refractivity contribution in [3.63, 3.8) is 0 Å². The van der Waals surface area contributed by atoms with Gasteiger partial charge in [0.2, 0.25) is 5.88 Å². The van der Waals surface area contributed by atoms with E-state index in [-0.39, 0.29) is 28.7 Å². The molecule has 0 aliphatic carbocycles. The highest BCUT2D eigenvalue weighted by Crippen LogP contribution is 2.51. The molecule has 0 fully saturated rings. The third-order valence-electron chi connectivity index (χ3n) is 5.71. The van der Waals surface area contributed by atoms with Crippen LogP contribution in [0.5, 0.6) is 0 Å². The summed E-state index contributed by atoms with van der Waals surface area (Å²) in [6, 6.07) is 25.8. The number of ether oxygens (including phenoxy) is 1. The molecule has 1 unspecified atom stereocenters. The van der Waals surface area contributed by atoms with Crippen LogP contribution < -0.4 is 10.0 Å². The number of nitrogens with zero attached hydrogens (tertiary/aromatic N) is 2. The van der Waals surface area contributed by atoms with Gasteiger partial charge in [0.15, 0.2) is 5.76 Å². The molecule has 3 aromatic carbocycles. The van der Waals surface area contributed by atoms with Crippen LogP contribution in [0.2, 0.25) is 0 Å². The largest absolute Gasteiger partial charge is 0.439 e. The number of sulfonamides is 1. The zero-order valence-electron chi connectivity index (χ0n) is 17.3. The van der Waals surface area contributed by atoms with Gasteiger partial charge in [-0.25, -0.2) is 8.42 Å². The van der Waals surface area contributed by atoms with Gasteiger partial charge in [0, 0.05) is 10.0 Å². The van der Waals surface area contributed by atoms with E-state index in [1.807, 2.05) is 42.5 Å². The van der Waals surface area contributed by atoms with E-state index >= 15 is 0 Å². The van der Waals surface area contributed by atoms with Crippen LogP contribution in [0, 0.1) is 11.3 Å². The zero-order chi connectivity index (χ0) is 23.2. The molecular formula is C25H18BrN3O3S. The first-order valence-corrected chi connectivity index (χ1v) is 12.4. The van der Waals surface area contributed by atoms with E-state index in [9.17, 15) is 13.7 Å². The molecule has 3 aromatic rings. The van der Waals surface area contributed by atoms with Gasteiger partial charge in [0.05, 0.1) is 18.2 Å². The first-order chi connectivity index (χ1) is 15.9. The summed E-state index contributed by atoms with van der Waals surface area (Å²) < 4.78 is 36.3. The number of benzene rings is 3. The Balaban J connectivity index is 1.78. The molecule has 0 radical (unpaired) electrons. The Morgan fingerprint density at radius 1 is 1.03 bits per heavy atom. The van der Waals surface area contributed by atoms with Gasteiger partial charge in [0.1, 0.15) is 16.5 Å². The van der Waals surface area contributed by atoms with E-state index in [0.717, 1.165) is 10.0 Å². The minimum absolute atomic E-state index is 0.0148. The standard InChI is InChI=1S/C25H18BrN3O3S/c26-18-10-6-9-17(13-18)22-20(14-27)25(28)32-23-19-11-4-5-12-21(19)29(33(30,31)24(22)23)15-16-7-2-1-3-8-16/h1-13,22H,15,28H2. The predicted octanol–water partition coefficient (Wildman–Crippen LogP) is 4.98. The van der Waals surface area contributed by atoms with Gasteiger partial charge in [-0.1, -0.05) is 70.5 Å². The van der Waals surface area contributed by atoms with Crippen molar-refractivity contribution >= 4 is 37.4 Å². The summed E-state index contributed by atoms with van der Waals surface area (Å²) in [6.45, 7) is 0.142. The minimum atomic E-state index is -4.08. The molecule has 8 heteroatoms. The van der Waals surface area contributed by atoms with Crippen molar-refractivity contribution in [3.8, 4) is 6.07 Å². The lowest BCUT2D eigenvalue weighted by Crippen LogP contribution is -2.39. The average Bonchev–Trinajstić information content (AvgIpc) is 2.81. The van der Waals surface area contributed by atoms with Crippen molar-refractivity contribution in [1.29, 1.82) is 5.26 Å². The lowest BCUT2D eigenvalue weighted by atomic mass is 9.88. The number of para-hydroxylation sites is 1. The summed E-state index contributed by atoms with van der Waals surface area (Å²) in [5.74, 6) is -0.827. The predicted molar refractivity (Wildman–Crippen MR) is 130 cm³/mol. The molecule has 2 heterocycles. The third kappa shape index (κ3) is 3.50. The Labute approximate surface area is 200 Å². The van der Waals surface area contributed by atoms with E-state index in [4.69, 9.17) is 10.5 Å². The van der Waals surface area contributed by atoms with Gasteiger partial charge >= 0.3 is 0 Å². The monoisotopic (exact) mass is 519 g/mol. The highest BCUT2D eigenvalue weighted by Gasteiger charge is 2.47. The molecule has 33 heavy (non-hydrogen) atoms. The van der Waals surface area contributed by atoms with Crippen LogP contribution in [0.3, 0.4) is 0 Å². The van der Waals surface area contributed by atoms with E-state index in [0.29, 0.717) is 16.8 Å². The van der Waals surface area contributed by atoms with Crippen molar-refractivity contribution in [3.05, 3.63) is 116 Å². The topological polar surface area (TPSA) is 96.4 Å². The maximum absolute atomic E-state index is 14.2. The number of halogens is 1. The Kier molecular flexibility index (Phi) is 5.23. The van der Waals surface area contributed by atoms with Crippen LogP contribution >= 0.6 is 15.9 Å². The third-order valence-corrected chi connectivity index (χ3v) is 8.09. The number of hydrogen-bond donors (Lipinski definition) is 1. The maximum atomic E-state index is 14.2. The molecule has 0 bridgehead atoms. The molecule has 0 spiro atoms. The fraction of sp³-hybridized carbons (Fsp3) is 0.0800. The maximum Gasteiger partial charge on any atom is 0.265 e. The first-order valence-electron chi connectivity index (χ1n) is 10.1. The van der Waals surface area contributed by atoms with Crippen LogP contribution in [-0.4, -0.2) is 8.42 Å². The highest BCUT2D eigenvalue weighted by molar-refractivity contribution is 9.10. The fourth-order valence-corrected chi connectivity index (χ4v) is 6.58. The number of nitriles is 1. The van der Waals surface area contributed by atoms with Gasteiger partial charge < -0.3 is 10.5 Å². The van der Waals surface area contributed by atoms with E-state index < -0.39 is 15.9 Å². The molecular weight excluding hydrogens is 502 g/mol. The lowest BCUT2D eigenvalue weighted by molar-refractivity contribution is 0.357. The second-order valence-electron chi connectivity index (χ2n) is 7.69. The van der Waals surface area contributed by atoms with Crippen molar-refractivity contribution in [2.75, 3.05) is 4.31 Å². The van der Waals surface area contributed by atoms with Crippen LogP contribution in [0.1, 0.15) is 22.6 Å². The zero-order valence-corrected chi connectivity index (χ0v) is 19.7. The molecule has 164 valence electrons. The summed E-state index contributed by atoms with van der Waals surface area (Å²) >= 11 is 3.45. The SMILES string of the molecule is N#CC1=C(N)OC2=C(C1c1cccc(Br)c1)S(=O)(=O)N(Cc1ccccc1)c1ccccc12. The highest BCUT2D eigenvalue weighted by atomic mass is 79.9. The molecule has 0 saturated heterocycles. The molecule has 1 atom stereocenters. The van der Waals surface area contributed by atoms with Crippen molar-refractivity contribution < 1.29 is 13.2 Å². The van der Waals surface area contributed by atoms with E-state index in [1.165, 1.54) is 4.31 Å². The lowest BCUT2D eigenvalue weighted by Gasteiger charge is -2.38. The minimum Gasteiger partial charge on any atom is -0.439 e. The summed E-state index contributed by atoms with van der Waals surface area (Å²) in [6.07, 6.45) is 0. The molecule has 0 aromatic heterocycles. The van der Waals surface area contributed by atoms with Crippen LogP contribution in [0.25, 0.3) is 5.76 Å². The van der Waals surface area contributed by atoms with Gasteiger partial charge in [-0.05, 0) is 35.4 Å². The van der Waals surface area contributed by atoms with Gasteiger partial charge in [-0.15, -0.1) is 0 Å².